The van der Waals surface area contributed by atoms with Crippen molar-refractivity contribution in [3.63, 3.8) is 0 Å². The average Bonchev–Trinajstić information content (AvgIpc) is 2.40. The second kappa shape index (κ2) is 5.82. The molecular formula is C13H19N3O2. The van der Waals surface area contributed by atoms with E-state index in [0.717, 1.165) is 37.2 Å². The van der Waals surface area contributed by atoms with Crippen molar-refractivity contribution in [3.8, 4) is 0 Å². The highest BCUT2D eigenvalue weighted by molar-refractivity contribution is 5.55. The molecule has 1 saturated heterocycles. The van der Waals surface area contributed by atoms with Gasteiger partial charge >= 0.3 is 0 Å². The first kappa shape index (κ1) is 12.8. The predicted molar refractivity (Wildman–Crippen MR) is 72.0 cm³/mol. The van der Waals surface area contributed by atoms with Crippen molar-refractivity contribution < 1.29 is 4.92 Å². The lowest BCUT2D eigenvalue weighted by molar-refractivity contribution is -0.385. The zero-order valence-corrected chi connectivity index (χ0v) is 10.6. The van der Waals surface area contributed by atoms with Crippen LogP contribution in [-0.2, 0) is 6.42 Å². The molecule has 1 aromatic carbocycles. The molecule has 0 saturated carbocycles. The number of aryl methyl sites for hydroxylation is 1. The van der Waals surface area contributed by atoms with E-state index in [0.29, 0.717) is 12.5 Å². The van der Waals surface area contributed by atoms with E-state index in [9.17, 15) is 10.1 Å². The molecule has 5 nitrogen and oxygen atoms in total. The Morgan fingerprint density at radius 1 is 1.56 bits per heavy atom. The summed E-state index contributed by atoms with van der Waals surface area (Å²) < 4.78 is 0. The van der Waals surface area contributed by atoms with E-state index in [1.165, 1.54) is 0 Å². The molecular weight excluding hydrogens is 230 g/mol. The lowest BCUT2D eigenvalue weighted by Crippen LogP contribution is -2.38. The Bertz CT molecular complexity index is 428. The zero-order valence-electron chi connectivity index (χ0n) is 10.6. The highest BCUT2D eigenvalue weighted by Crippen LogP contribution is 2.24. The fraction of sp³-hybridized carbons (Fsp3) is 0.538. The van der Waals surface area contributed by atoms with E-state index in [1.807, 2.05) is 19.1 Å². The molecule has 0 aromatic heterocycles. The van der Waals surface area contributed by atoms with Crippen LogP contribution in [0.25, 0.3) is 0 Å². The summed E-state index contributed by atoms with van der Waals surface area (Å²) in [7, 11) is 0. The van der Waals surface area contributed by atoms with Crippen molar-refractivity contribution in [1.29, 1.82) is 0 Å². The molecule has 18 heavy (non-hydrogen) atoms. The minimum Gasteiger partial charge on any atom is -0.381 e. The third-order valence-electron chi connectivity index (χ3n) is 3.33. The molecule has 5 heteroatoms. The first-order chi connectivity index (χ1) is 8.70. The summed E-state index contributed by atoms with van der Waals surface area (Å²) in [6.07, 6.45) is 2.94. The summed E-state index contributed by atoms with van der Waals surface area (Å²) in [5.74, 6) is 0. The van der Waals surface area contributed by atoms with E-state index >= 15 is 0 Å². The highest BCUT2D eigenvalue weighted by atomic mass is 16.6. The number of anilines is 1. The standard InChI is InChI=1S/C13H19N3O2/c1-2-10-5-6-11(8-13(10)16(17)18)15-12-4-3-7-14-9-12/h5-6,8,12,14-15H,2-4,7,9H2,1H3. The van der Waals surface area contributed by atoms with Gasteiger partial charge in [0.2, 0.25) is 0 Å². The minimum atomic E-state index is -0.302. The van der Waals surface area contributed by atoms with Gasteiger partial charge in [-0.15, -0.1) is 0 Å². The number of piperidine rings is 1. The summed E-state index contributed by atoms with van der Waals surface area (Å²) in [6, 6.07) is 5.79. The number of nitrogens with one attached hydrogen (secondary N) is 2. The third kappa shape index (κ3) is 2.98. The molecule has 2 N–H and O–H groups in total. The fourth-order valence-electron chi connectivity index (χ4n) is 2.33. The summed E-state index contributed by atoms with van der Waals surface area (Å²) >= 11 is 0. The quantitative estimate of drug-likeness (QED) is 0.635. The van der Waals surface area contributed by atoms with E-state index in [1.54, 1.807) is 6.07 Å². The monoisotopic (exact) mass is 249 g/mol. The van der Waals surface area contributed by atoms with Gasteiger partial charge in [0.05, 0.1) is 4.92 Å². The molecule has 0 amide bonds. The van der Waals surface area contributed by atoms with Gasteiger partial charge in [0, 0.05) is 29.9 Å². The first-order valence-electron chi connectivity index (χ1n) is 6.45. The number of nitrogens with zero attached hydrogens (tertiary/aromatic N) is 1. The van der Waals surface area contributed by atoms with E-state index in [4.69, 9.17) is 0 Å². The Balaban J connectivity index is 2.13. The van der Waals surface area contributed by atoms with Crippen molar-refractivity contribution in [2.45, 2.75) is 32.2 Å². The van der Waals surface area contributed by atoms with Crippen LogP contribution in [0.4, 0.5) is 11.4 Å². The largest absolute Gasteiger partial charge is 0.381 e. The summed E-state index contributed by atoms with van der Waals surface area (Å²) in [5.41, 5.74) is 1.84. The van der Waals surface area contributed by atoms with Crippen LogP contribution >= 0.6 is 0 Å². The van der Waals surface area contributed by atoms with Crippen LogP contribution < -0.4 is 10.6 Å². The lowest BCUT2D eigenvalue weighted by Gasteiger charge is -2.24. The molecule has 2 rings (SSSR count). The Morgan fingerprint density at radius 3 is 3.00 bits per heavy atom. The van der Waals surface area contributed by atoms with Crippen molar-refractivity contribution in [2.75, 3.05) is 18.4 Å². The number of rotatable bonds is 4. The van der Waals surface area contributed by atoms with Gasteiger partial charge in [0.25, 0.3) is 5.69 Å². The van der Waals surface area contributed by atoms with E-state index in [-0.39, 0.29) is 10.6 Å². The Labute approximate surface area is 107 Å². The molecule has 1 fully saturated rings. The molecule has 1 aromatic rings. The Hall–Kier alpha value is -1.62. The Morgan fingerprint density at radius 2 is 2.39 bits per heavy atom. The minimum absolute atomic E-state index is 0.214. The van der Waals surface area contributed by atoms with Crippen LogP contribution in [0.15, 0.2) is 18.2 Å². The fourth-order valence-corrected chi connectivity index (χ4v) is 2.33. The number of hydrogen-bond acceptors (Lipinski definition) is 4. The highest BCUT2D eigenvalue weighted by Gasteiger charge is 2.16. The van der Waals surface area contributed by atoms with Gasteiger partial charge in [-0.25, -0.2) is 0 Å². The zero-order chi connectivity index (χ0) is 13.0. The second-order valence-electron chi connectivity index (χ2n) is 4.64. The molecule has 1 heterocycles. The predicted octanol–water partition coefficient (Wildman–Crippen LogP) is 2.32. The summed E-state index contributed by atoms with van der Waals surface area (Å²) in [5, 5.41) is 17.7. The van der Waals surface area contributed by atoms with Gasteiger partial charge in [-0.05, 0) is 31.9 Å². The topological polar surface area (TPSA) is 67.2 Å². The Kier molecular flexibility index (Phi) is 4.15. The number of nitro groups is 1. The van der Waals surface area contributed by atoms with Crippen molar-refractivity contribution >= 4 is 11.4 Å². The summed E-state index contributed by atoms with van der Waals surface area (Å²) in [6.45, 7) is 3.91. The van der Waals surface area contributed by atoms with Gasteiger partial charge < -0.3 is 10.6 Å². The van der Waals surface area contributed by atoms with E-state index < -0.39 is 0 Å². The van der Waals surface area contributed by atoms with Gasteiger partial charge in [-0.2, -0.15) is 0 Å². The van der Waals surface area contributed by atoms with Crippen LogP contribution in [0, 0.1) is 10.1 Å². The van der Waals surface area contributed by atoms with Gasteiger partial charge in [-0.3, -0.25) is 10.1 Å². The maximum absolute atomic E-state index is 11.0. The number of benzene rings is 1. The third-order valence-corrected chi connectivity index (χ3v) is 3.33. The van der Waals surface area contributed by atoms with Gasteiger partial charge in [-0.1, -0.05) is 13.0 Å². The molecule has 1 unspecified atom stereocenters. The molecule has 0 aliphatic carbocycles. The van der Waals surface area contributed by atoms with Crippen molar-refractivity contribution in [1.82, 2.24) is 5.32 Å². The van der Waals surface area contributed by atoms with Crippen LogP contribution in [0.1, 0.15) is 25.3 Å². The molecule has 0 radical (unpaired) electrons. The maximum Gasteiger partial charge on any atom is 0.274 e. The van der Waals surface area contributed by atoms with E-state index in [2.05, 4.69) is 10.6 Å². The maximum atomic E-state index is 11.0. The molecule has 1 aliphatic rings. The van der Waals surface area contributed by atoms with Crippen LogP contribution in [0.3, 0.4) is 0 Å². The van der Waals surface area contributed by atoms with Crippen LogP contribution in [0.5, 0.6) is 0 Å². The molecule has 1 aliphatic heterocycles. The average molecular weight is 249 g/mol. The van der Waals surface area contributed by atoms with Crippen LogP contribution in [-0.4, -0.2) is 24.1 Å². The molecule has 98 valence electrons. The first-order valence-corrected chi connectivity index (χ1v) is 6.45. The summed E-state index contributed by atoms with van der Waals surface area (Å²) in [4.78, 5) is 10.7. The van der Waals surface area contributed by atoms with Crippen molar-refractivity contribution in [2.24, 2.45) is 0 Å². The van der Waals surface area contributed by atoms with Crippen molar-refractivity contribution in [3.05, 3.63) is 33.9 Å². The second-order valence-corrected chi connectivity index (χ2v) is 4.64. The van der Waals surface area contributed by atoms with Gasteiger partial charge in [0.1, 0.15) is 0 Å². The van der Waals surface area contributed by atoms with Crippen LogP contribution in [0.2, 0.25) is 0 Å². The molecule has 1 atom stereocenters. The molecule has 0 spiro atoms. The SMILES string of the molecule is CCc1ccc(NC2CCCNC2)cc1[N+](=O)[O-]. The number of nitro benzene ring substituents is 1. The molecule has 0 bridgehead atoms. The normalized spacial score (nSPS) is 19.5. The lowest BCUT2D eigenvalue weighted by atomic mass is 10.1. The number of hydrogen-bond donors (Lipinski definition) is 2. The smallest absolute Gasteiger partial charge is 0.274 e. The van der Waals surface area contributed by atoms with Gasteiger partial charge in [0.15, 0.2) is 0 Å².